The van der Waals surface area contributed by atoms with E-state index < -0.39 is 0 Å². The minimum atomic E-state index is 0.404. The van der Waals surface area contributed by atoms with Gasteiger partial charge in [0.05, 0.1) is 0 Å². The van der Waals surface area contributed by atoms with Crippen molar-refractivity contribution in [1.29, 1.82) is 0 Å². The van der Waals surface area contributed by atoms with Gasteiger partial charge in [0.1, 0.15) is 0 Å². The summed E-state index contributed by atoms with van der Waals surface area (Å²) >= 11 is 0. The van der Waals surface area contributed by atoms with Crippen LogP contribution < -0.4 is 5.73 Å². The van der Waals surface area contributed by atoms with Crippen LogP contribution >= 0.6 is 0 Å². The second-order valence-electron chi connectivity index (χ2n) is 8.39. The monoisotopic (exact) mass is 293 g/mol. The second-order valence-corrected chi connectivity index (χ2v) is 8.39. The highest BCUT2D eigenvalue weighted by molar-refractivity contribution is 4.96. The third-order valence-electron chi connectivity index (χ3n) is 6.77. The van der Waals surface area contributed by atoms with Gasteiger partial charge in [-0.05, 0) is 43.4 Å². The quantitative estimate of drug-likeness (QED) is 0.865. The summed E-state index contributed by atoms with van der Waals surface area (Å²) in [6.45, 7) is 12.3. The van der Waals surface area contributed by atoms with Gasteiger partial charge in [0.25, 0.3) is 0 Å². The van der Waals surface area contributed by atoms with E-state index in [1.165, 1.54) is 64.7 Å². The molecule has 0 radical (unpaired) electrons. The maximum absolute atomic E-state index is 6.51. The van der Waals surface area contributed by atoms with Crippen molar-refractivity contribution < 1.29 is 0 Å². The molecular weight excluding hydrogens is 258 g/mol. The van der Waals surface area contributed by atoms with Crippen molar-refractivity contribution in [3.63, 3.8) is 0 Å². The van der Waals surface area contributed by atoms with Crippen molar-refractivity contribution >= 4 is 0 Å². The SMILES string of the molecule is CCC(C)(C)C1CCC(N)C(N2CCN(C3CC3)CC2)C1. The van der Waals surface area contributed by atoms with E-state index in [-0.39, 0.29) is 0 Å². The molecule has 1 aliphatic heterocycles. The van der Waals surface area contributed by atoms with Crippen molar-refractivity contribution in [3.05, 3.63) is 0 Å². The summed E-state index contributed by atoms with van der Waals surface area (Å²) in [5.41, 5.74) is 6.99. The van der Waals surface area contributed by atoms with Gasteiger partial charge in [-0.25, -0.2) is 0 Å². The lowest BCUT2D eigenvalue weighted by Crippen LogP contribution is -2.58. The molecule has 3 fully saturated rings. The number of piperazine rings is 1. The number of nitrogens with zero attached hydrogens (tertiary/aromatic N) is 2. The predicted octanol–water partition coefficient (Wildman–Crippen LogP) is 2.70. The highest BCUT2D eigenvalue weighted by Gasteiger charge is 2.40. The Morgan fingerprint density at radius 1 is 0.952 bits per heavy atom. The largest absolute Gasteiger partial charge is 0.326 e. The van der Waals surface area contributed by atoms with E-state index in [9.17, 15) is 0 Å². The van der Waals surface area contributed by atoms with Crippen LogP contribution in [-0.4, -0.2) is 54.1 Å². The van der Waals surface area contributed by atoms with Gasteiger partial charge in [-0.3, -0.25) is 9.80 Å². The molecule has 0 spiro atoms. The standard InChI is InChI=1S/C18H35N3/c1-4-18(2,3)14-5-8-16(19)17(13-14)21-11-9-20(10-12-21)15-6-7-15/h14-17H,4-13,19H2,1-3H3. The van der Waals surface area contributed by atoms with Crippen LogP contribution in [0.4, 0.5) is 0 Å². The minimum Gasteiger partial charge on any atom is -0.326 e. The van der Waals surface area contributed by atoms with Gasteiger partial charge in [-0.1, -0.05) is 27.2 Å². The molecule has 0 aromatic rings. The second kappa shape index (κ2) is 6.17. The summed E-state index contributed by atoms with van der Waals surface area (Å²) < 4.78 is 0. The van der Waals surface area contributed by atoms with Crippen molar-refractivity contribution in [2.75, 3.05) is 26.2 Å². The fourth-order valence-corrected chi connectivity index (χ4v) is 4.46. The molecule has 3 atom stereocenters. The highest BCUT2D eigenvalue weighted by Crippen LogP contribution is 2.41. The zero-order valence-electron chi connectivity index (χ0n) is 14.4. The Balaban J connectivity index is 1.58. The first-order chi connectivity index (χ1) is 10.0. The highest BCUT2D eigenvalue weighted by atomic mass is 15.3. The fraction of sp³-hybridized carbons (Fsp3) is 1.00. The van der Waals surface area contributed by atoms with Crippen LogP contribution in [0.3, 0.4) is 0 Å². The first-order valence-corrected chi connectivity index (χ1v) is 9.25. The van der Waals surface area contributed by atoms with Crippen LogP contribution in [0, 0.1) is 11.3 Å². The van der Waals surface area contributed by atoms with E-state index in [0.29, 0.717) is 17.5 Å². The lowest BCUT2D eigenvalue weighted by molar-refractivity contribution is 0.0280. The Labute approximate surface area is 131 Å². The van der Waals surface area contributed by atoms with Gasteiger partial charge in [-0.2, -0.15) is 0 Å². The summed E-state index contributed by atoms with van der Waals surface area (Å²) in [5, 5.41) is 0. The first-order valence-electron chi connectivity index (χ1n) is 9.25. The molecule has 0 aromatic carbocycles. The molecular formula is C18H35N3. The van der Waals surface area contributed by atoms with Gasteiger partial charge in [0, 0.05) is 44.3 Å². The molecule has 21 heavy (non-hydrogen) atoms. The molecule has 0 aromatic heterocycles. The van der Waals surface area contributed by atoms with E-state index in [0.717, 1.165) is 12.0 Å². The lowest BCUT2D eigenvalue weighted by atomic mass is 9.67. The summed E-state index contributed by atoms with van der Waals surface area (Å²) in [5.74, 6) is 0.855. The van der Waals surface area contributed by atoms with Crippen LogP contribution in [-0.2, 0) is 0 Å². The molecule has 3 unspecified atom stereocenters. The predicted molar refractivity (Wildman–Crippen MR) is 89.3 cm³/mol. The third-order valence-corrected chi connectivity index (χ3v) is 6.77. The third kappa shape index (κ3) is 3.46. The van der Waals surface area contributed by atoms with Crippen molar-refractivity contribution in [2.24, 2.45) is 17.1 Å². The molecule has 3 heteroatoms. The van der Waals surface area contributed by atoms with Crippen LogP contribution in [0.2, 0.25) is 0 Å². The summed E-state index contributed by atoms with van der Waals surface area (Å²) in [7, 11) is 0. The summed E-state index contributed by atoms with van der Waals surface area (Å²) in [6, 6.07) is 1.97. The van der Waals surface area contributed by atoms with Crippen LogP contribution in [0.25, 0.3) is 0 Å². The maximum Gasteiger partial charge on any atom is 0.0251 e. The van der Waals surface area contributed by atoms with E-state index in [4.69, 9.17) is 5.73 Å². The number of nitrogens with two attached hydrogens (primary N) is 1. The molecule has 3 rings (SSSR count). The molecule has 0 amide bonds. The van der Waals surface area contributed by atoms with Gasteiger partial charge in [-0.15, -0.1) is 0 Å². The smallest absolute Gasteiger partial charge is 0.0251 e. The van der Waals surface area contributed by atoms with Gasteiger partial charge < -0.3 is 5.73 Å². The van der Waals surface area contributed by atoms with Crippen molar-refractivity contribution in [3.8, 4) is 0 Å². The molecule has 1 heterocycles. The normalized spacial score (nSPS) is 36.9. The Hall–Kier alpha value is -0.120. The molecule has 2 N–H and O–H groups in total. The molecule has 3 aliphatic rings. The minimum absolute atomic E-state index is 0.404. The number of hydrogen-bond acceptors (Lipinski definition) is 3. The van der Waals surface area contributed by atoms with E-state index in [2.05, 4.69) is 30.6 Å². The summed E-state index contributed by atoms with van der Waals surface area (Å²) in [4.78, 5) is 5.43. The number of hydrogen-bond donors (Lipinski definition) is 1. The Morgan fingerprint density at radius 3 is 2.14 bits per heavy atom. The Kier molecular flexibility index (Phi) is 4.63. The lowest BCUT2D eigenvalue weighted by Gasteiger charge is -2.48. The zero-order valence-corrected chi connectivity index (χ0v) is 14.4. The van der Waals surface area contributed by atoms with Crippen molar-refractivity contribution in [1.82, 2.24) is 9.80 Å². The topological polar surface area (TPSA) is 32.5 Å². The van der Waals surface area contributed by atoms with Gasteiger partial charge in [0.2, 0.25) is 0 Å². The van der Waals surface area contributed by atoms with E-state index in [1.54, 1.807) is 0 Å². The maximum atomic E-state index is 6.51. The first kappa shape index (κ1) is 15.8. The fourth-order valence-electron chi connectivity index (χ4n) is 4.46. The number of rotatable bonds is 4. The Bertz CT molecular complexity index is 342. The molecule has 1 saturated heterocycles. The molecule has 3 nitrogen and oxygen atoms in total. The molecule has 2 aliphatic carbocycles. The van der Waals surface area contributed by atoms with Gasteiger partial charge >= 0.3 is 0 Å². The van der Waals surface area contributed by atoms with Crippen LogP contribution in [0.5, 0.6) is 0 Å². The van der Waals surface area contributed by atoms with Crippen molar-refractivity contribution in [2.45, 2.75) is 77.4 Å². The van der Waals surface area contributed by atoms with Crippen LogP contribution in [0.15, 0.2) is 0 Å². The van der Waals surface area contributed by atoms with Crippen LogP contribution in [0.1, 0.15) is 59.3 Å². The average Bonchev–Trinajstić information content (AvgIpc) is 3.32. The Morgan fingerprint density at radius 2 is 1.57 bits per heavy atom. The van der Waals surface area contributed by atoms with Gasteiger partial charge in [0.15, 0.2) is 0 Å². The van der Waals surface area contributed by atoms with E-state index >= 15 is 0 Å². The molecule has 2 saturated carbocycles. The molecule has 0 bridgehead atoms. The molecule has 122 valence electrons. The van der Waals surface area contributed by atoms with E-state index in [1.807, 2.05) is 0 Å². The zero-order chi connectivity index (χ0) is 15.0. The average molecular weight is 293 g/mol. The summed E-state index contributed by atoms with van der Waals surface area (Å²) in [6.07, 6.45) is 8.05.